The van der Waals surface area contributed by atoms with Gasteiger partial charge in [-0.15, -0.1) is 0 Å². The van der Waals surface area contributed by atoms with E-state index >= 15 is 0 Å². The van der Waals surface area contributed by atoms with E-state index in [9.17, 15) is 0 Å². The first-order valence-corrected chi connectivity index (χ1v) is 3.97. The lowest BCUT2D eigenvalue weighted by Crippen LogP contribution is -1.91. The van der Waals surface area contributed by atoms with Crippen molar-refractivity contribution in [1.29, 1.82) is 0 Å². The molecule has 0 atom stereocenters. The molecule has 2 nitrogen and oxygen atoms in total. The quantitative estimate of drug-likeness (QED) is 0.613. The highest BCUT2D eigenvalue weighted by Crippen LogP contribution is 2.12. The van der Waals surface area contributed by atoms with Gasteiger partial charge in [0.25, 0.3) is 0 Å². The van der Waals surface area contributed by atoms with Crippen LogP contribution in [0, 0.1) is 0 Å². The van der Waals surface area contributed by atoms with Crippen LogP contribution in [0.15, 0.2) is 49.1 Å². The molecule has 0 aliphatic heterocycles. The number of imidazole rings is 1. The minimum Gasteiger partial charge on any atom is -0.310 e. The van der Waals surface area contributed by atoms with E-state index in [1.165, 1.54) is 5.70 Å². The monoisotopic (exact) mass is 158 g/mol. The van der Waals surface area contributed by atoms with Crippen molar-refractivity contribution < 1.29 is 0 Å². The smallest absolute Gasteiger partial charge is 0.0989 e. The van der Waals surface area contributed by atoms with E-state index in [-0.39, 0.29) is 0 Å². The second kappa shape index (κ2) is 3.22. The fraction of sp³-hybridized carbons (Fsp3) is 0.100. The molecule has 0 N–H and O–H groups in total. The lowest BCUT2D eigenvalue weighted by atomic mass is 10.3. The number of rotatable bonds is 1. The second-order valence-corrected chi connectivity index (χ2v) is 2.65. The number of hydrogen-bond donors (Lipinski definition) is 0. The van der Waals surface area contributed by atoms with Crippen molar-refractivity contribution in [2.75, 3.05) is 0 Å². The van der Waals surface area contributed by atoms with E-state index in [1.54, 1.807) is 6.20 Å². The minimum atomic E-state index is 0.962. The summed E-state index contributed by atoms with van der Waals surface area (Å²) in [6.45, 7) is 0. The first-order chi connectivity index (χ1) is 5.97. The van der Waals surface area contributed by atoms with Crippen LogP contribution in [0.2, 0.25) is 0 Å². The van der Waals surface area contributed by atoms with E-state index in [4.69, 9.17) is 0 Å². The molecular formula is C10H10N2. The molecule has 1 aliphatic rings. The molecule has 2 heteroatoms. The lowest BCUT2D eigenvalue weighted by molar-refractivity contribution is 1.04. The van der Waals surface area contributed by atoms with E-state index in [0.29, 0.717) is 0 Å². The van der Waals surface area contributed by atoms with Crippen LogP contribution in [0.5, 0.6) is 0 Å². The standard InChI is InChI=1S/C10H10N2/c1-2-4-6-10(5-3-1)12-8-7-11-9-12/h1-5,7-9H,6H2. The predicted molar refractivity (Wildman–Crippen MR) is 49.4 cm³/mol. The molecule has 1 aliphatic carbocycles. The van der Waals surface area contributed by atoms with Crippen LogP contribution in [-0.2, 0) is 0 Å². The molecule has 0 saturated carbocycles. The maximum atomic E-state index is 4.00. The predicted octanol–water partition coefficient (Wildman–Crippen LogP) is 2.24. The highest BCUT2D eigenvalue weighted by Gasteiger charge is 1.96. The zero-order chi connectivity index (χ0) is 8.23. The van der Waals surface area contributed by atoms with Crippen LogP contribution in [-0.4, -0.2) is 9.55 Å². The number of nitrogens with zero attached hydrogens (tertiary/aromatic N) is 2. The van der Waals surface area contributed by atoms with Crippen molar-refractivity contribution in [2.45, 2.75) is 6.42 Å². The van der Waals surface area contributed by atoms with Gasteiger partial charge < -0.3 is 4.57 Å². The van der Waals surface area contributed by atoms with Crippen LogP contribution >= 0.6 is 0 Å². The zero-order valence-corrected chi connectivity index (χ0v) is 6.72. The van der Waals surface area contributed by atoms with Gasteiger partial charge in [0.15, 0.2) is 0 Å². The van der Waals surface area contributed by atoms with Crippen molar-refractivity contribution in [1.82, 2.24) is 9.55 Å². The van der Waals surface area contributed by atoms with Crippen molar-refractivity contribution >= 4 is 5.70 Å². The Morgan fingerprint density at radius 1 is 1.25 bits per heavy atom. The molecule has 0 unspecified atom stereocenters. The van der Waals surface area contributed by atoms with Gasteiger partial charge in [0, 0.05) is 24.5 Å². The van der Waals surface area contributed by atoms with Gasteiger partial charge in [-0.2, -0.15) is 0 Å². The Morgan fingerprint density at radius 3 is 3.08 bits per heavy atom. The summed E-state index contributed by atoms with van der Waals surface area (Å²) in [7, 11) is 0. The molecule has 2 rings (SSSR count). The van der Waals surface area contributed by atoms with Gasteiger partial charge in [0.1, 0.15) is 0 Å². The Morgan fingerprint density at radius 2 is 2.25 bits per heavy atom. The molecule has 0 fully saturated rings. The normalized spacial score (nSPS) is 15.8. The summed E-state index contributed by atoms with van der Waals surface area (Å²) >= 11 is 0. The Kier molecular flexibility index (Phi) is 1.90. The summed E-state index contributed by atoms with van der Waals surface area (Å²) in [5, 5.41) is 0. The molecule has 12 heavy (non-hydrogen) atoms. The van der Waals surface area contributed by atoms with Crippen LogP contribution in [0.25, 0.3) is 5.70 Å². The lowest BCUT2D eigenvalue weighted by Gasteiger charge is -2.02. The van der Waals surface area contributed by atoms with Gasteiger partial charge in [-0.1, -0.05) is 24.3 Å². The highest BCUT2D eigenvalue weighted by atomic mass is 15.0. The van der Waals surface area contributed by atoms with Crippen molar-refractivity contribution in [3.63, 3.8) is 0 Å². The first-order valence-electron chi connectivity index (χ1n) is 3.97. The summed E-state index contributed by atoms with van der Waals surface area (Å²) in [6.07, 6.45) is 16.9. The number of aromatic nitrogens is 2. The van der Waals surface area contributed by atoms with Crippen molar-refractivity contribution in [3.8, 4) is 0 Å². The molecule has 0 bridgehead atoms. The van der Waals surface area contributed by atoms with Crippen LogP contribution in [0.3, 0.4) is 0 Å². The molecule has 1 aromatic rings. The molecule has 0 aromatic carbocycles. The van der Waals surface area contributed by atoms with Gasteiger partial charge in [0.05, 0.1) is 6.33 Å². The van der Waals surface area contributed by atoms with E-state index in [2.05, 4.69) is 23.2 Å². The SMILES string of the molecule is C1=CC=C(n2ccnc2)CC=C1. The summed E-state index contributed by atoms with van der Waals surface area (Å²) in [5.41, 5.74) is 1.25. The van der Waals surface area contributed by atoms with E-state index in [0.717, 1.165) is 6.42 Å². The van der Waals surface area contributed by atoms with Crippen LogP contribution in [0.4, 0.5) is 0 Å². The second-order valence-electron chi connectivity index (χ2n) is 2.65. The average molecular weight is 158 g/mol. The molecule has 60 valence electrons. The molecule has 0 amide bonds. The summed E-state index contributed by atoms with van der Waals surface area (Å²) in [5.74, 6) is 0. The third-order valence-electron chi connectivity index (χ3n) is 1.81. The molecular weight excluding hydrogens is 148 g/mol. The molecule has 1 aromatic heterocycles. The van der Waals surface area contributed by atoms with E-state index < -0.39 is 0 Å². The van der Waals surface area contributed by atoms with Gasteiger partial charge in [-0.25, -0.2) is 4.98 Å². The summed E-state index contributed by atoms with van der Waals surface area (Å²) < 4.78 is 2.03. The summed E-state index contributed by atoms with van der Waals surface area (Å²) in [4.78, 5) is 4.00. The maximum Gasteiger partial charge on any atom is 0.0989 e. The Balaban J connectivity index is 2.30. The number of allylic oxidation sites excluding steroid dienone is 6. The highest BCUT2D eigenvalue weighted by molar-refractivity contribution is 5.51. The topological polar surface area (TPSA) is 17.8 Å². The van der Waals surface area contributed by atoms with Gasteiger partial charge in [-0.05, 0) is 6.08 Å². The zero-order valence-electron chi connectivity index (χ0n) is 6.72. The third kappa shape index (κ3) is 1.37. The summed E-state index contributed by atoms with van der Waals surface area (Å²) in [6, 6.07) is 0. The largest absolute Gasteiger partial charge is 0.310 e. The van der Waals surface area contributed by atoms with Gasteiger partial charge >= 0.3 is 0 Å². The first kappa shape index (κ1) is 7.10. The molecule has 0 spiro atoms. The van der Waals surface area contributed by atoms with Gasteiger partial charge in [0.2, 0.25) is 0 Å². The molecule has 0 saturated heterocycles. The third-order valence-corrected chi connectivity index (χ3v) is 1.81. The average Bonchev–Trinajstić information content (AvgIpc) is 2.48. The Hall–Kier alpha value is -1.57. The van der Waals surface area contributed by atoms with E-state index in [1.807, 2.05) is 29.2 Å². The Labute approximate surface area is 71.6 Å². The van der Waals surface area contributed by atoms with Crippen LogP contribution < -0.4 is 0 Å². The van der Waals surface area contributed by atoms with Gasteiger partial charge in [-0.3, -0.25) is 0 Å². The van der Waals surface area contributed by atoms with Crippen LogP contribution in [0.1, 0.15) is 6.42 Å². The van der Waals surface area contributed by atoms with Crippen molar-refractivity contribution in [3.05, 3.63) is 49.1 Å². The fourth-order valence-electron chi connectivity index (χ4n) is 1.19. The van der Waals surface area contributed by atoms with Crippen molar-refractivity contribution in [2.24, 2.45) is 0 Å². The Bertz CT molecular complexity index is 329. The minimum absolute atomic E-state index is 0.962. The molecule has 1 heterocycles. The molecule has 0 radical (unpaired) electrons. The number of hydrogen-bond acceptors (Lipinski definition) is 1. The fourth-order valence-corrected chi connectivity index (χ4v) is 1.19. The maximum absolute atomic E-state index is 4.00.